The summed E-state index contributed by atoms with van der Waals surface area (Å²) < 4.78 is 10.8. The molecule has 0 radical (unpaired) electrons. The van der Waals surface area contributed by atoms with Crippen molar-refractivity contribution in [1.29, 1.82) is 0 Å². The Balaban J connectivity index is 1.67. The normalized spacial score (nSPS) is 29.4. The number of fused-ring (bicyclic) bond motifs is 1. The Labute approximate surface area is 125 Å². The molecular formula is C17H23NO3. The molecule has 1 saturated carbocycles. The number of ether oxygens (including phenoxy) is 2. The highest BCUT2D eigenvalue weighted by Crippen LogP contribution is 2.53. The maximum Gasteiger partial charge on any atom is 0.338 e. The van der Waals surface area contributed by atoms with Gasteiger partial charge in [0.2, 0.25) is 0 Å². The van der Waals surface area contributed by atoms with Crippen LogP contribution in [0.5, 0.6) is 0 Å². The lowest BCUT2D eigenvalue weighted by Gasteiger charge is -2.55. The number of hydrogen-bond donors (Lipinski definition) is 1. The fourth-order valence-electron chi connectivity index (χ4n) is 3.71. The van der Waals surface area contributed by atoms with Crippen LogP contribution in [0.2, 0.25) is 0 Å². The molecule has 4 heteroatoms. The van der Waals surface area contributed by atoms with Crippen molar-refractivity contribution in [2.24, 2.45) is 11.3 Å². The van der Waals surface area contributed by atoms with E-state index in [9.17, 15) is 4.79 Å². The Kier molecular flexibility index (Phi) is 3.66. The first-order valence-electron chi connectivity index (χ1n) is 7.69. The third-order valence-electron chi connectivity index (χ3n) is 4.82. The van der Waals surface area contributed by atoms with Crippen LogP contribution in [0.3, 0.4) is 0 Å². The quantitative estimate of drug-likeness (QED) is 0.865. The van der Waals surface area contributed by atoms with E-state index in [2.05, 4.69) is 19.2 Å². The molecule has 1 N–H and O–H groups in total. The molecule has 1 saturated heterocycles. The van der Waals surface area contributed by atoms with Crippen LogP contribution in [0.4, 0.5) is 5.69 Å². The Bertz CT molecular complexity index is 523. The third-order valence-corrected chi connectivity index (χ3v) is 4.82. The van der Waals surface area contributed by atoms with Gasteiger partial charge in [-0.25, -0.2) is 4.79 Å². The zero-order valence-corrected chi connectivity index (χ0v) is 12.9. The van der Waals surface area contributed by atoms with Gasteiger partial charge in [0.1, 0.15) is 0 Å². The summed E-state index contributed by atoms with van der Waals surface area (Å²) in [5.41, 5.74) is 1.80. The van der Waals surface area contributed by atoms with Crippen molar-refractivity contribution in [2.75, 3.05) is 18.5 Å². The van der Waals surface area contributed by atoms with Gasteiger partial charge in [-0.15, -0.1) is 0 Å². The number of carbonyl (C=O) groups is 1. The van der Waals surface area contributed by atoms with E-state index in [1.165, 1.54) is 0 Å². The minimum absolute atomic E-state index is 0.154. The molecule has 2 aliphatic rings. The van der Waals surface area contributed by atoms with E-state index < -0.39 is 0 Å². The van der Waals surface area contributed by atoms with Crippen LogP contribution in [0.1, 0.15) is 37.6 Å². The van der Waals surface area contributed by atoms with Crippen LogP contribution >= 0.6 is 0 Å². The predicted molar refractivity (Wildman–Crippen MR) is 81.4 cm³/mol. The minimum atomic E-state index is -0.266. The van der Waals surface area contributed by atoms with Crippen molar-refractivity contribution in [3.8, 4) is 0 Å². The molecule has 1 aliphatic carbocycles. The molecule has 3 atom stereocenters. The highest BCUT2D eigenvalue weighted by atomic mass is 16.5. The van der Waals surface area contributed by atoms with Gasteiger partial charge in [-0.3, -0.25) is 0 Å². The lowest BCUT2D eigenvalue weighted by Crippen LogP contribution is -2.63. The van der Waals surface area contributed by atoms with Gasteiger partial charge in [-0.1, -0.05) is 13.8 Å². The monoisotopic (exact) mass is 289 g/mol. The molecule has 1 aromatic rings. The van der Waals surface area contributed by atoms with E-state index in [0.29, 0.717) is 30.2 Å². The molecule has 3 unspecified atom stereocenters. The average molecular weight is 289 g/mol. The fourth-order valence-corrected chi connectivity index (χ4v) is 3.71. The van der Waals surface area contributed by atoms with Crippen LogP contribution in [-0.2, 0) is 9.47 Å². The minimum Gasteiger partial charge on any atom is -0.462 e. The summed E-state index contributed by atoms with van der Waals surface area (Å²) in [4.78, 5) is 11.6. The van der Waals surface area contributed by atoms with Gasteiger partial charge in [0, 0.05) is 29.7 Å². The Hall–Kier alpha value is -1.55. The molecule has 2 fully saturated rings. The largest absolute Gasteiger partial charge is 0.462 e. The van der Waals surface area contributed by atoms with Crippen LogP contribution in [-0.4, -0.2) is 31.3 Å². The van der Waals surface area contributed by atoms with Crippen molar-refractivity contribution in [3.05, 3.63) is 29.8 Å². The van der Waals surface area contributed by atoms with Crippen LogP contribution < -0.4 is 5.32 Å². The molecule has 0 spiro atoms. The standard InChI is InChI=1S/C17H23NO3/c1-4-20-16(19)11-5-7-12(8-6-11)18-14-13-9-10-21-15(13)17(14,2)3/h5-8,13-15,18H,4,9-10H2,1-3H3. The zero-order chi connectivity index (χ0) is 15.0. The van der Waals surface area contributed by atoms with Crippen LogP contribution in [0, 0.1) is 11.3 Å². The molecular weight excluding hydrogens is 266 g/mol. The molecule has 0 aromatic heterocycles. The first-order chi connectivity index (χ1) is 10.0. The summed E-state index contributed by atoms with van der Waals surface area (Å²) in [5, 5.41) is 3.61. The van der Waals surface area contributed by atoms with Gasteiger partial charge in [0.05, 0.1) is 18.3 Å². The Morgan fingerprint density at radius 3 is 2.76 bits per heavy atom. The first-order valence-corrected chi connectivity index (χ1v) is 7.69. The van der Waals surface area contributed by atoms with Crippen molar-refractivity contribution in [3.63, 3.8) is 0 Å². The van der Waals surface area contributed by atoms with E-state index in [-0.39, 0.29) is 11.4 Å². The summed E-state index contributed by atoms with van der Waals surface area (Å²) in [5.74, 6) is 0.335. The molecule has 1 heterocycles. The van der Waals surface area contributed by atoms with Crippen LogP contribution in [0.25, 0.3) is 0 Å². The maximum atomic E-state index is 11.6. The van der Waals surface area contributed by atoms with Gasteiger partial charge < -0.3 is 14.8 Å². The number of rotatable bonds is 4. The number of benzene rings is 1. The van der Waals surface area contributed by atoms with Gasteiger partial charge >= 0.3 is 5.97 Å². The lowest BCUT2D eigenvalue weighted by atomic mass is 9.57. The van der Waals surface area contributed by atoms with Gasteiger partial charge in [-0.05, 0) is 37.6 Å². The summed E-state index contributed by atoms with van der Waals surface area (Å²) in [6.45, 7) is 7.60. The highest BCUT2D eigenvalue weighted by molar-refractivity contribution is 5.89. The van der Waals surface area contributed by atoms with Crippen molar-refractivity contribution >= 4 is 11.7 Å². The summed E-state index contributed by atoms with van der Waals surface area (Å²) in [7, 11) is 0. The predicted octanol–water partition coefficient (Wildman–Crippen LogP) is 3.09. The second kappa shape index (κ2) is 5.34. The van der Waals surface area contributed by atoms with E-state index in [0.717, 1.165) is 18.7 Å². The van der Waals surface area contributed by atoms with E-state index in [1.54, 1.807) is 0 Å². The second-order valence-electron chi connectivity index (χ2n) is 6.49. The Morgan fingerprint density at radius 2 is 2.10 bits per heavy atom. The molecule has 4 nitrogen and oxygen atoms in total. The molecule has 21 heavy (non-hydrogen) atoms. The smallest absolute Gasteiger partial charge is 0.338 e. The first kappa shape index (κ1) is 14.4. The van der Waals surface area contributed by atoms with E-state index >= 15 is 0 Å². The molecule has 114 valence electrons. The maximum absolute atomic E-state index is 11.6. The number of nitrogens with one attached hydrogen (secondary N) is 1. The number of carbonyl (C=O) groups excluding carboxylic acids is 1. The highest BCUT2D eigenvalue weighted by Gasteiger charge is 2.59. The average Bonchev–Trinajstić information content (AvgIpc) is 2.92. The van der Waals surface area contributed by atoms with Crippen molar-refractivity contribution in [1.82, 2.24) is 0 Å². The van der Waals surface area contributed by atoms with E-state index in [4.69, 9.17) is 9.47 Å². The molecule has 1 aromatic carbocycles. The molecule has 0 bridgehead atoms. The lowest BCUT2D eigenvalue weighted by molar-refractivity contribution is -0.0923. The third kappa shape index (κ3) is 2.42. The molecule has 0 amide bonds. The summed E-state index contributed by atoms with van der Waals surface area (Å²) in [6.07, 6.45) is 1.51. The SMILES string of the molecule is CCOC(=O)c1ccc(NC2C3CCOC3C2(C)C)cc1. The summed E-state index contributed by atoms with van der Waals surface area (Å²) in [6, 6.07) is 7.96. The van der Waals surface area contributed by atoms with Gasteiger partial charge in [0.25, 0.3) is 0 Å². The van der Waals surface area contributed by atoms with E-state index in [1.807, 2.05) is 31.2 Å². The molecule has 1 aliphatic heterocycles. The number of anilines is 1. The van der Waals surface area contributed by atoms with Crippen LogP contribution in [0.15, 0.2) is 24.3 Å². The topological polar surface area (TPSA) is 47.6 Å². The Morgan fingerprint density at radius 1 is 1.38 bits per heavy atom. The fraction of sp³-hybridized carbons (Fsp3) is 0.588. The summed E-state index contributed by atoms with van der Waals surface area (Å²) >= 11 is 0. The number of hydrogen-bond acceptors (Lipinski definition) is 4. The second-order valence-corrected chi connectivity index (χ2v) is 6.49. The van der Waals surface area contributed by atoms with Crippen molar-refractivity contribution < 1.29 is 14.3 Å². The molecule has 3 rings (SSSR count). The van der Waals surface area contributed by atoms with Gasteiger partial charge in [-0.2, -0.15) is 0 Å². The van der Waals surface area contributed by atoms with Crippen molar-refractivity contribution in [2.45, 2.75) is 39.3 Å². The van der Waals surface area contributed by atoms with Gasteiger partial charge in [0.15, 0.2) is 0 Å². The zero-order valence-electron chi connectivity index (χ0n) is 12.9. The number of esters is 1.